The Balaban J connectivity index is 1.72. The number of aryl methyl sites for hydroxylation is 1. The molecule has 0 aromatic carbocycles. The predicted molar refractivity (Wildman–Crippen MR) is 78.3 cm³/mol. The van der Waals surface area contributed by atoms with Gasteiger partial charge in [0.25, 0.3) is 0 Å². The highest BCUT2D eigenvalue weighted by Crippen LogP contribution is 2.13. The van der Waals surface area contributed by atoms with E-state index < -0.39 is 0 Å². The van der Waals surface area contributed by atoms with Crippen LogP contribution in [0.1, 0.15) is 36.9 Å². The predicted octanol–water partition coefficient (Wildman–Crippen LogP) is 2.46. The number of hydrogen-bond acceptors (Lipinski definition) is 4. The Morgan fingerprint density at radius 3 is 3.17 bits per heavy atom. The van der Waals surface area contributed by atoms with Crippen LogP contribution in [-0.2, 0) is 6.42 Å². The molecule has 4 heteroatoms. The first kappa shape index (κ1) is 14.0. The van der Waals surface area contributed by atoms with E-state index in [4.69, 9.17) is 0 Å². The van der Waals surface area contributed by atoms with Gasteiger partial charge in [-0.15, -0.1) is 11.3 Å². The maximum Gasteiger partial charge on any atom is 0.0940 e. The van der Waals surface area contributed by atoms with Crippen LogP contribution in [0.2, 0.25) is 0 Å². The van der Waals surface area contributed by atoms with E-state index in [0.29, 0.717) is 6.04 Å². The molecule has 1 unspecified atom stereocenters. The zero-order valence-corrected chi connectivity index (χ0v) is 12.4. The summed E-state index contributed by atoms with van der Waals surface area (Å²) in [4.78, 5) is 7.13. The van der Waals surface area contributed by atoms with Gasteiger partial charge in [-0.2, -0.15) is 0 Å². The first-order valence-corrected chi connectivity index (χ1v) is 8.02. The molecule has 0 bridgehead atoms. The Morgan fingerprint density at radius 2 is 2.44 bits per heavy atom. The minimum Gasteiger partial charge on any atom is -0.313 e. The van der Waals surface area contributed by atoms with Crippen molar-refractivity contribution in [1.82, 2.24) is 15.2 Å². The lowest BCUT2D eigenvalue weighted by Gasteiger charge is -2.33. The van der Waals surface area contributed by atoms with Gasteiger partial charge >= 0.3 is 0 Å². The van der Waals surface area contributed by atoms with Crippen LogP contribution in [-0.4, -0.2) is 42.1 Å². The topological polar surface area (TPSA) is 28.2 Å². The number of rotatable bonds is 6. The van der Waals surface area contributed by atoms with Gasteiger partial charge in [0, 0.05) is 36.6 Å². The number of nitrogens with zero attached hydrogens (tertiary/aromatic N) is 2. The second kappa shape index (κ2) is 7.22. The number of nitrogens with one attached hydrogen (secondary N) is 1. The summed E-state index contributed by atoms with van der Waals surface area (Å²) >= 11 is 1.80. The SMILES string of the molecule is CCCNC1CCCN(CCc2nc(C)cs2)C1. The highest BCUT2D eigenvalue weighted by atomic mass is 32.1. The van der Waals surface area contributed by atoms with Crippen LogP contribution >= 0.6 is 11.3 Å². The van der Waals surface area contributed by atoms with Crippen molar-refractivity contribution >= 4 is 11.3 Å². The summed E-state index contributed by atoms with van der Waals surface area (Å²) in [6, 6.07) is 0.705. The summed E-state index contributed by atoms with van der Waals surface area (Å²) in [5.41, 5.74) is 1.16. The van der Waals surface area contributed by atoms with Gasteiger partial charge in [0.05, 0.1) is 5.01 Å². The fraction of sp³-hybridized carbons (Fsp3) is 0.786. The molecule has 1 aromatic rings. The van der Waals surface area contributed by atoms with Gasteiger partial charge in [-0.1, -0.05) is 6.92 Å². The van der Waals surface area contributed by atoms with Gasteiger partial charge in [0.15, 0.2) is 0 Å². The molecular weight excluding hydrogens is 242 g/mol. The average molecular weight is 267 g/mol. The third-order valence-corrected chi connectivity index (χ3v) is 4.52. The number of thiazole rings is 1. The van der Waals surface area contributed by atoms with Crippen LogP contribution in [0.5, 0.6) is 0 Å². The Kier molecular flexibility index (Phi) is 5.60. The highest BCUT2D eigenvalue weighted by molar-refractivity contribution is 7.09. The second-order valence-electron chi connectivity index (χ2n) is 5.23. The number of hydrogen-bond donors (Lipinski definition) is 1. The summed E-state index contributed by atoms with van der Waals surface area (Å²) < 4.78 is 0. The first-order valence-electron chi connectivity index (χ1n) is 7.14. The summed E-state index contributed by atoms with van der Waals surface area (Å²) in [5.74, 6) is 0. The van der Waals surface area contributed by atoms with Crippen LogP contribution in [0.4, 0.5) is 0 Å². The molecule has 1 aliphatic rings. The van der Waals surface area contributed by atoms with E-state index in [1.165, 1.54) is 37.4 Å². The van der Waals surface area contributed by atoms with Crippen molar-refractivity contribution in [2.75, 3.05) is 26.2 Å². The molecule has 1 aromatic heterocycles. The largest absolute Gasteiger partial charge is 0.313 e. The van der Waals surface area contributed by atoms with Gasteiger partial charge in [-0.25, -0.2) is 4.98 Å². The molecule has 102 valence electrons. The lowest BCUT2D eigenvalue weighted by Crippen LogP contribution is -2.46. The van der Waals surface area contributed by atoms with Gasteiger partial charge < -0.3 is 10.2 Å². The minimum absolute atomic E-state index is 0.705. The monoisotopic (exact) mass is 267 g/mol. The van der Waals surface area contributed by atoms with Crippen LogP contribution < -0.4 is 5.32 Å². The summed E-state index contributed by atoms with van der Waals surface area (Å²) in [6.45, 7) is 9.10. The molecule has 0 spiro atoms. The van der Waals surface area contributed by atoms with Crippen molar-refractivity contribution in [2.24, 2.45) is 0 Å². The normalized spacial score (nSPS) is 21.3. The highest BCUT2D eigenvalue weighted by Gasteiger charge is 2.18. The number of piperidine rings is 1. The molecule has 3 nitrogen and oxygen atoms in total. The van der Waals surface area contributed by atoms with E-state index in [2.05, 4.69) is 34.4 Å². The molecule has 0 amide bonds. The lowest BCUT2D eigenvalue weighted by molar-refractivity contribution is 0.193. The second-order valence-corrected chi connectivity index (χ2v) is 6.17. The van der Waals surface area contributed by atoms with E-state index in [1.807, 2.05) is 0 Å². The molecule has 1 aliphatic heterocycles. The molecule has 1 saturated heterocycles. The van der Waals surface area contributed by atoms with Crippen LogP contribution in [0.25, 0.3) is 0 Å². The summed E-state index contributed by atoms with van der Waals surface area (Å²) in [7, 11) is 0. The zero-order chi connectivity index (χ0) is 12.8. The summed E-state index contributed by atoms with van der Waals surface area (Å²) in [6.07, 6.45) is 5.01. The quantitative estimate of drug-likeness (QED) is 0.858. The van der Waals surface area contributed by atoms with Crippen molar-refractivity contribution in [3.8, 4) is 0 Å². The van der Waals surface area contributed by atoms with Crippen LogP contribution in [0, 0.1) is 6.92 Å². The van der Waals surface area contributed by atoms with Crippen molar-refractivity contribution in [1.29, 1.82) is 0 Å². The molecule has 2 heterocycles. The van der Waals surface area contributed by atoms with Crippen molar-refractivity contribution in [2.45, 2.75) is 45.6 Å². The Morgan fingerprint density at radius 1 is 1.56 bits per heavy atom. The van der Waals surface area contributed by atoms with Crippen molar-refractivity contribution in [3.63, 3.8) is 0 Å². The average Bonchev–Trinajstić information content (AvgIpc) is 2.80. The van der Waals surface area contributed by atoms with Gasteiger partial charge in [0.1, 0.15) is 0 Å². The van der Waals surface area contributed by atoms with E-state index >= 15 is 0 Å². The van der Waals surface area contributed by atoms with Crippen molar-refractivity contribution in [3.05, 3.63) is 16.1 Å². The molecule has 0 saturated carbocycles. The molecular formula is C14H25N3S. The van der Waals surface area contributed by atoms with E-state index in [-0.39, 0.29) is 0 Å². The molecule has 2 rings (SSSR count). The number of aromatic nitrogens is 1. The molecule has 1 N–H and O–H groups in total. The Hall–Kier alpha value is -0.450. The fourth-order valence-electron chi connectivity index (χ4n) is 2.54. The maximum atomic E-state index is 4.54. The fourth-order valence-corrected chi connectivity index (χ4v) is 3.31. The van der Waals surface area contributed by atoms with Gasteiger partial charge in [-0.3, -0.25) is 0 Å². The molecule has 1 fully saturated rings. The maximum absolute atomic E-state index is 4.54. The first-order chi connectivity index (χ1) is 8.78. The number of likely N-dealkylation sites (tertiary alicyclic amines) is 1. The van der Waals surface area contributed by atoms with E-state index in [0.717, 1.165) is 25.2 Å². The van der Waals surface area contributed by atoms with E-state index in [1.54, 1.807) is 11.3 Å². The van der Waals surface area contributed by atoms with Crippen LogP contribution in [0.15, 0.2) is 5.38 Å². The molecule has 18 heavy (non-hydrogen) atoms. The third kappa shape index (κ3) is 4.34. The molecule has 0 radical (unpaired) electrons. The lowest BCUT2D eigenvalue weighted by atomic mass is 10.1. The molecule has 1 atom stereocenters. The smallest absolute Gasteiger partial charge is 0.0940 e. The van der Waals surface area contributed by atoms with E-state index in [9.17, 15) is 0 Å². The van der Waals surface area contributed by atoms with Crippen LogP contribution in [0.3, 0.4) is 0 Å². The Labute approximate surface area is 115 Å². The minimum atomic E-state index is 0.705. The van der Waals surface area contributed by atoms with Gasteiger partial charge in [0.2, 0.25) is 0 Å². The third-order valence-electron chi connectivity index (χ3n) is 3.50. The standard InChI is InChI=1S/C14H25N3S/c1-3-7-15-13-5-4-8-17(10-13)9-6-14-16-12(2)11-18-14/h11,13,15H,3-10H2,1-2H3. The Bertz CT molecular complexity index is 351. The van der Waals surface area contributed by atoms with Crippen molar-refractivity contribution < 1.29 is 0 Å². The van der Waals surface area contributed by atoms with Gasteiger partial charge in [-0.05, 0) is 39.3 Å². The summed E-state index contributed by atoms with van der Waals surface area (Å²) in [5, 5.41) is 7.09. The molecule has 0 aliphatic carbocycles. The zero-order valence-electron chi connectivity index (χ0n) is 11.6.